The van der Waals surface area contributed by atoms with Crippen LogP contribution in [0, 0.1) is 10.8 Å². The minimum Gasteiger partial charge on any atom is -0.290 e. The quantitative estimate of drug-likeness (QED) is 0.599. The van der Waals surface area contributed by atoms with Crippen molar-refractivity contribution in [2.45, 2.75) is 53.4 Å². The molecule has 2 aliphatic rings. The van der Waals surface area contributed by atoms with Crippen molar-refractivity contribution in [3.63, 3.8) is 0 Å². The van der Waals surface area contributed by atoms with Crippen LogP contribution in [-0.2, 0) is 4.79 Å². The molecule has 0 spiro atoms. The van der Waals surface area contributed by atoms with Gasteiger partial charge in [-0.3, -0.25) is 4.79 Å². The Balaban J connectivity index is 2.38. The van der Waals surface area contributed by atoms with Gasteiger partial charge in [0.2, 0.25) is 0 Å². The molecule has 0 aromatic heterocycles. The zero-order chi connectivity index (χ0) is 12.0. The van der Waals surface area contributed by atoms with E-state index in [1.165, 1.54) is 18.4 Å². The summed E-state index contributed by atoms with van der Waals surface area (Å²) in [5, 5.41) is 0. The molecule has 0 radical (unpaired) electrons. The fourth-order valence-corrected chi connectivity index (χ4v) is 2.80. The van der Waals surface area contributed by atoms with Gasteiger partial charge in [-0.1, -0.05) is 32.4 Å². The molecule has 0 bridgehead atoms. The average Bonchev–Trinajstić information content (AvgIpc) is 2.29. The predicted octanol–water partition coefficient (Wildman–Crippen LogP) is 4.05. The number of hydrogen-bond acceptors (Lipinski definition) is 1. The summed E-state index contributed by atoms with van der Waals surface area (Å²) >= 11 is 0. The van der Waals surface area contributed by atoms with Gasteiger partial charge >= 0.3 is 0 Å². The predicted molar refractivity (Wildman–Crippen MR) is 67.2 cm³/mol. The van der Waals surface area contributed by atoms with E-state index in [-0.39, 0.29) is 11.2 Å². The van der Waals surface area contributed by atoms with Crippen LogP contribution in [0.2, 0.25) is 0 Å². The molecule has 0 aliphatic heterocycles. The molecule has 0 heterocycles. The Bertz CT molecular complexity index is 384. The Kier molecular flexibility index (Phi) is 2.60. The summed E-state index contributed by atoms with van der Waals surface area (Å²) in [7, 11) is 0. The standard InChI is InChI=1S/C15H22O/c1-11-5-6-15(4)8-7-14(2,3)10-12(15)9-13(11)16/h5,9H,6-8,10H2,1-4H3/t15-/m1/s1. The van der Waals surface area contributed by atoms with E-state index >= 15 is 0 Å². The molecule has 0 unspecified atom stereocenters. The first kappa shape index (κ1) is 11.6. The minimum atomic E-state index is 0.219. The van der Waals surface area contributed by atoms with Gasteiger partial charge in [0.15, 0.2) is 5.78 Å². The zero-order valence-corrected chi connectivity index (χ0v) is 10.9. The fraction of sp³-hybridized carbons (Fsp3) is 0.667. The van der Waals surface area contributed by atoms with Gasteiger partial charge in [-0.15, -0.1) is 0 Å². The van der Waals surface area contributed by atoms with Gasteiger partial charge in [0, 0.05) is 0 Å². The normalized spacial score (nSPS) is 33.6. The van der Waals surface area contributed by atoms with Crippen LogP contribution in [0.1, 0.15) is 53.4 Å². The lowest BCUT2D eigenvalue weighted by atomic mass is 9.62. The molecule has 16 heavy (non-hydrogen) atoms. The first-order valence-electron chi connectivity index (χ1n) is 6.25. The second-order valence-electron chi connectivity index (χ2n) is 6.53. The summed E-state index contributed by atoms with van der Waals surface area (Å²) in [5.74, 6) is 0.219. The van der Waals surface area contributed by atoms with Gasteiger partial charge in [-0.05, 0) is 55.1 Å². The summed E-state index contributed by atoms with van der Waals surface area (Å²) in [4.78, 5) is 11.9. The Morgan fingerprint density at radius 3 is 2.56 bits per heavy atom. The van der Waals surface area contributed by atoms with Crippen molar-refractivity contribution in [2.75, 3.05) is 0 Å². The Labute approximate surface area is 98.6 Å². The molecule has 0 N–H and O–H groups in total. The maximum atomic E-state index is 11.9. The molecule has 1 nitrogen and oxygen atoms in total. The van der Waals surface area contributed by atoms with E-state index in [4.69, 9.17) is 0 Å². The van der Waals surface area contributed by atoms with Crippen LogP contribution in [0.15, 0.2) is 23.3 Å². The van der Waals surface area contributed by atoms with E-state index in [1.54, 1.807) is 0 Å². The van der Waals surface area contributed by atoms with E-state index in [9.17, 15) is 4.79 Å². The molecule has 2 rings (SSSR count). The summed E-state index contributed by atoms with van der Waals surface area (Å²) < 4.78 is 0. The monoisotopic (exact) mass is 218 g/mol. The highest BCUT2D eigenvalue weighted by molar-refractivity contribution is 6.04. The third kappa shape index (κ3) is 2.00. The van der Waals surface area contributed by atoms with E-state index in [1.807, 2.05) is 13.0 Å². The molecular formula is C15H22O. The van der Waals surface area contributed by atoms with Crippen molar-refractivity contribution in [1.29, 1.82) is 0 Å². The molecule has 1 saturated carbocycles. The van der Waals surface area contributed by atoms with E-state index < -0.39 is 0 Å². The van der Waals surface area contributed by atoms with Gasteiger partial charge in [-0.2, -0.15) is 0 Å². The number of hydrogen-bond donors (Lipinski definition) is 0. The molecule has 2 aliphatic carbocycles. The Hall–Kier alpha value is -0.850. The van der Waals surface area contributed by atoms with Crippen molar-refractivity contribution in [3.05, 3.63) is 23.3 Å². The smallest absolute Gasteiger partial charge is 0.181 e. The summed E-state index contributed by atoms with van der Waals surface area (Å²) in [6.07, 6.45) is 8.64. The van der Waals surface area contributed by atoms with Gasteiger partial charge < -0.3 is 0 Å². The molecule has 1 heteroatoms. The SMILES string of the molecule is CC1=CC[C@]2(C)CCC(C)(C)CC2=CC1=O. The van der Waals surface area contributed by atoms with E-state index in [0.717, 1.165) is 18.4 Å². The van der Waals surface area contributed by atoms with Crippen molar-refractivity contribution in [1.82, 2.24) is 0 Å². The van der Waals surface area contributed by atoms with E-state index in [0.29, 0.717) is 5.41 Å². The van der Waals surface area contributed by atoms with E-state index in [2.05, 4.69) is 26.8 Å². The Morgan fingerprint density at radius 2 is 1.88 bits per heavy atom. The number of carbonyl (C=O) groups is 1. The molecule has 1 atom stereocenters. The first-order chi connectivity index (χ1) is 7.32. The molecule has 0 amide bonds. The number of fused-ring (bicyclic) bond motifs is 1. The topological polar surface area (TPSA) is 17.1 Å². The van der Waals surface area contributed by atoms with Crippen LogP contribution in [0.3, 0.4) is 0 Å². The van der Waals surface area contributed by atoms with Crippen molar-refractivity contribution in [2.24, 2.45) is 10.8 Å². The first-order valence-corrected chi connectivity index (χ1v) is 6.25. The molecule has 0 aromatic rings. The number of allylic oxidation sites excluding steroid dienone is 4. The van der Waals surface area contributed by atoms with Gasteiger partial charge in [0.05, 0.1) is 0 Å². The van der Waals surface area contributed by atoms with Crippen molar-refractivity contribution < 1.29 is 4.79 Å². The van der Waals surface area contributed by atoms with Crippen LogP contribution in [0.4, 0.5) is 0 Å². The molecule has 0 aromatic carbocycles. The van der Waals surface area contributed by atoms with Crippen LogP contribution < -0.4 is 0 Å². The third-order valence-electron chi connectivity index (χ3n) is 4.35. The van der Waals surface area contributed by atoms with Crippen molar-refractivity contribution in [3.8, 4) is 0 Å². The zero-order valence-electron chi connectivity index (χ0n) is 10.9. The summed E-state index contributed by atoms with van der Waals surface area (Å²) in [6, 6.07) is 0. The number of carbonyl (C=O) groups excluding carboxylic acids is 1. The average molecular weight is 218 g/mol. The highest BCUT2D eigenvalue weighted by Crippen LogP contribution is 2.51. The lowest BCUT2D eigenvalue weighted by Crippen LogP contribution is -2.31. The highest BCUT2D eigenvalue weighted by atomic mass is 16.1. The Morgan fingerprint density at radius 1 is 1.19 bits per heavy atom. The lowest BCUT2D eigenvalue weighted by molar-refractivity contribution is -0.111. The molecule has 0 saturated heterocycles. The van der Waals surface area contributed by atoms with Crippen LogP contribution >= 0.6 is 0 Å². The minimum absolute atomic E-state index is 0.219. The van der Waals surface area contributed by atoms with Gasteiger partial charge in [-0.25, -0.2) is 0 Å². The second-order valence-corrected chi connectivity index (χ2v) is 6.53. The highest BCUT2D eigenvalue weighted by Gasteiger charge is 2.39. The van der Waals surface area contributed by atoms with Gasteiger partial charge in [0.1, 0.15) is 0 Å². The van der Waals surface area contributed by atoms with Crippen LogP contribution in [-0.4, -0.2) is 5.78 Å². The summed E-state index contributed by atoms with van der Waals surface area (Å²) in [6.45, 7) is 8.87. The molecule has 1 fully saturated rings. The summed E-state index contributed by atoms with van der Waals surface area (Å²) in [5.41, 5.74) is 2.90. The fourth-order valence-electron chi connectivity index (χ4n) is 2.80. The third-order valence-corrected chi connectivity index (χ3v) is 4.35. The lowest BCUT2D eigenvalue weighted by Gasteiger charge is -2.43. The number of rotatable bonds is 0. The molecule has 88 valence electrons. The van der Waals surface area contributed by atoms with Crippen LogP contribution in [0.5, 0.6) is 0 Å². The largest absolute Gasteiger partial charge is 0.290 e. The van der Waals surface area contributed by atoms with Crippen LogP contribution in [0.25, 0.3) is 0 Å². The second kappa shape index (κ2) is 3.58. The van der Waals surface area contributed by atoms with Crippen molar-refractivity contribution >= 4 is 5.78 Å². The molecular weight excluding hydrogens is 196 g/mol. The maximum absolute atomic E-state index is 11.9. The number of ketones is 1. The maximum Gasteiger partial charge on any atom is 0.181 e. The van der Waals surface area contributed by atoms with Gasteiger partial charge in [0.25, 0.3) is 0 Å².